The van der Waals surface area contributed by atoms with Gasteiger partial charge in [-0.15, -0.1) is 0 Å². The number of nitrogens with two attached hydrogens (primary N) is 3. The van der Waals surface area contributed by atoms with Crippen molar-refractivity contribution in [3.8, 4) is 0 Å². The fourth-order valence-corrected chi connectivity index (χ4v) is 0.832. The van der Waals surface area contributed by atoms with Gasteiger partial charge in [0.05, 0.1) is 0 Å². The van der Waals surface area contributed by atoms with Gasteiger partial charge >= 0.3 is 18.0 Å². The van der Waals surface area contributed by atoms with Gasteiger partial charge < -0.3 is 32.7 Å². The van der Waals surface area contributed by atoms with Gasteiger partial charge in [0.15, 0.2) is 0 Å². The molecule has 9 heteroatoms. The van der Waals surface area contributed by atoms with Crippen molar-refractivity contribution in [2.24, 2.45) is 17.2 Å². The summed E-state index contributed by atoms with van der Waals surface area (Å²) in [5.74, 6) is -1.96. The van der Waals surface area contributed by atoms with Gasteiger partial charge in [0, 0.05) is 6.54 Å². The Kier molecular flexibility index (Phi) is 11.5. The van der Waals surface area contributed by atoms with Crippen LogP contribution in [0, 0.1) is 0 Å². The van der Waals surface area contributed by atoms with Crippen molar-refractivity contribution in [3.63, 3.8) is 0 Å². The number of aliphatic carboxylic acids is 2. The Labute approximate surface area is 111 Å². The van der Waals surface area contributed by atoms with E-state index >= 15 is 0 Å². The van der Waals surface area contributed by atoms with Crippen LogP contribution in [0.3, 0.4) is 0 Å². The van der Waals surface area contributed by atoms with Crippen molar-refractivity contribution in [1.29, 1.82) is 0 Å². The minimum Gasteiger partial charge on any atom is -0.480 e. The molecule has 0 spiro atoms. The smallest absolute Gasteiger partial charge is 0.320 e. The number of hydrogen-bond acceptors (Lipinski definition) is 5. The molecule has 0 rings (SSSR count). The summed E-state index contributed by atoms with van der Waals surface area (Å²) in [5.41, 5.74) is 15.0. The number of urea groups is 1. The summed E-state index contributed by atoms with van der Waals surface area (Å²) < 4.78 is 0. The SMILES string of the molecule is CCC(N)C(=O)O.NC(=O)NCCCC(N)C(=O)O. The van der Waals surface area contributed by atoms with Crippen LogP contribution in [0.1, 0.15) is 26.2 Å². The molecule has 0 aromatic rings. The topological polar surface area (TPSA) is 182 Å². The zero-order valence-electron chi connectivity index (χ0n) is 10.8. The molecule has 0 saturated heterocycles. The van der Waals surface area contributed by atoms with Gasteiger partial charge in [-0.1, -0.05) is 6.92 Å². The van der Waals surface area contributed by atoms with Crippen molar-refractivity contribution in [2.75, 3.05) is 6.54 Å². The van der Waals surface area contributed by atoms with E-state index in [4.69, 9.17) is 27.4 Å². The molecule has 0 saturated carbocycles. The van der Waals surface area contributed by atoms with E-state index in [9.17, 15) is 14.4 Å². The van der Waals surface area contributed by atoms with E-state index in [0.29, 0.717) is 25.8 Å². The van der Waals surface area contributed by atoms with Crippen molar-refractivity contribution in [2.45, 2.75) is 38.3 Å². The number of carbonyl (C=O) groups excluding carboxylic acids is 1. The lowest BCUT2D eigenvalue weighted by Crippen LogP contribution is -2.33. The molecule has 0 aromatic carbocycles. The zero-order chi connectivity index (χ0) is 15.4. The van der Waals surface area contributed by atoms with Crippen molar-refractivity contribution in [1.82, 2.24) is 5.32 Å². The number of carbonyl (C=O) groups is 3. The van der Waals surface area contributed by atoms with E-state index < -0.39 is 30.1 Å². The fraction of sp³-hybridized carbons (Fsp3) is 0.700. The molecular formula is C10H22N4O5. The van der Waals surface area contributed by atoms with Gasteiger partial charge in [-0.25, -0.2) is 4.79 Å². The first-order chi connectivity index (χ1) is 8.72. The summed E-state index contributed by atoms with van der Waals surface area (Å²) in [4.78, 5) is 30.1. The molecule has 2 unspecified atom stereocenters. The number of nitrogens with one attached hydrogen (secondary N) is 1. The molecule has 0 aromatic heterocycles. The standard InChI is InChI=1S/C6H13N3O3.C4H9NO2/c7-4(5(10)11)2-1-3-9-6(8)12;1-2-3(5)4(6)7/h4H,1-3,7H2,(H,10,11)(H3,8,9,12);3H,2,5H2,1H3,(H,6,7). The Balaban J connectivity index is 0. The Bertz CT molecular complexity index is 298. The molecule has 2 atom stereocenters. The predicted octanol–water partition coefficient (Wildman–Crippen LogP) is -1.34. The van der Waals surface area contributed by atoms with Crippen molar-refractivity contribution < 1.29 is 24.6 Å². The minimum atomic E-state index is -1.03. The largest absolute Gasteiger partial charge is 0.480 e. The Hall–Kier alpha value is -1.87. The first-order valence-electron chi connectivity index (χ1n) is 5.72. The maximum Gasteiger partial charge on any atom is 0.320 e. The number of amides is 2. The van der Waals surface area contributed by atoms with Crippen LogP contribution < -0.4 is 22.5 Å². The molecule has 112 valence electrons. The van der Waals surface area contributed by atoms with Crippen molar-refractivity contribution >= 4 is 18.0 Å². The van der Waals surface area contributed by atoms with Crippen LogP contribution in [0.5, 0.6) is 0 Å². The molecular weight excluding hydrogens is 256 g/mol. The van der Waals surface area contributed by atoms with Gasteiger partial charge in [-0.3, -0.25) is 9.59 Å². The number of rotatable bonds is 7. The van der Waals surface area contributed by atoms with Gasteiger partial charge in [0.2, 0.25) is 0 Å². The average molecular weight is 278 g/mol. The molecule has 9 nitrogen and oxygen atoms in total. The molecule has 0 aliphatic heterocycles. The molecule has 0 radical (unpaired) electrons. The summed E-state index contributed by atoms with van der Waals surface area (Å²) in [6.07, 6.45) is 1.33. The second-order valence-electron chi connectivity index (χ2n) is 3.73. The van der Waals surface area contributed by atoms with Crippen molar-refractivity contribution in [3.05, 3.63) is 0 Å². The Morgan fingerprint density at radius 1 is 1.11 bits per heavy atom. The van der Waals surface area contributed by atoms with E-state index in [1.807, 2.05) is 0 Å². The van der Waals surface area contributed by atoms with Crippen LogP contribution in [0.2, 0.25) is 0 Å². The number of carboxylic acids is 2. The molecule has 0 fully saturated rings. The summed E-state index contributed by atoms with van der Waals surface area (Å²) in [5, 5.41) is 18.7. The van der Waals surface area contributed by atoms with E-state index in [-0.39, 0.29) is 0 Å². The van der Waals surface area contributed by atoms with E-state index in [1.165, 1.54) is 0 Å². The lowest BCUT2D eigenvalue weighted by atomic mass is 10.2. The zero-order valence-corrected chi connectivity index (χ0v) is 10.8. The lowest BCUT2D eigenvalue weighted by molar-refractivity contribution is -0.139. The predicted molar refractivity (Wildman–Crippen MR) is 68.3 cm³/mol. The molecule has 0 heterocycles. The molecule has 19 heavy (non-hydrogen) atoms. The average Bonchev–Trinajstić information content (AvgIpc) is 2.33. The highest BCUT2D eigenvalue weighted by atomic mass is 16.4. The fourth-order valence-electron chi connectivity index (χ4n) is 0.832. The third-order valence-corrected chi connectivity index (χ3v) is 2.07. The van der Waals surface area contributed by atoms with Gasteiger partial charge in [0.25, 0.3) is 0 Å². The highest BCUT2D eigenvalue weighted by molar-refractivity contribution is 5.73. The minimum absolute atomic E-state index is 0.329. The third-order valence-electron chi connectivity index (χ3n) is 2.07. The Morgan fingerprint density at radius 2 is 1.58 bits per heavy atom. The normalized spacial score (nSPS) is 12.6. The maximum absolute atomic E-state index is 10.2. The third kappa shape index (κ3) is 14.1. The van der Waals surface area contributed by atoms with Crippen LogP contribution in [0.15, 0.2) is 0 Å². The van der Waals surface area contributed by atoms with Gasteiger partial charge in [-0.2, -0.15) is 0 Å². The summed E-state index contributed by atoms with van der Waals surface area (Å²) >= 11 is 0. The number of carboxylic acid groups (broad SMARTS) is 2. The van der Waals surface area contributed by atoms with Gasteiger partial charge in [-0.05, 0) is 19.3 Å². The first kappa shape index (κ1) is 19.5. The van der Waals surface area contributed by atoms with E-state index in [0.717, 1.165) is 0 Å². The van der Waals surface area contributed by atoms with Crippen LogP contribution >= 0.6 is 0 Å². The Morgan fingerprint density at radius 3 is 1.84 bits per heavy atom. The summed E-state index contributed by atoms with van der Waals surface area (Å²) in [6, 6.07) is -2.15. The first-order valence-corrected chi connectivity index (χ1v) is 5.72. The monoisotopic (exact) mass is 278 g/mol. The van der Waals surface area contributed by atoms with Crippen LogP contribution in [-0.2, 0) is 9.59 Å². The second kappa shape index (κ2) is 11.2. The maximum atomic E-state index is 10.2. The molecule has 0 aliphatic rings. The van der Waals surface area contributed by atoms with Crippen LogP contribution in [-0.4, -0.2) is 46.8 Å². The van der Waals surface area contributed by atoms with E-state index in [2.05, 4.69) is 5.32 Å². The lowest BCUT2D eigenvalue weighted by Gasteiger charge is -2.05. The number of primary amides is 1. The second-order valence-corrected chi connectivity index (χ2v) is 3.73. The highest BCUT2D eigenvalue weighted by Crippen LogP contribution is 1.92. The molecule has 0 aliphatic carbocycles. The van der Waals surface area contributed by atoms with Crippen LogP contribution in [0.25, 0.3) is 0 Å². The molecule has 2 amide bonds. The van der Waals surface area contributed by atoms with Crippen LogP contribution in [0.4, 0.5) is 4.79 Å². The van der Waals surface area contributed by atoms with Gasteiger partial charge in [0.1, 0.15) is 12.1 Å². The molecule has 0 bridgehead atoms. The summed E-state index contributed by atoms with van der Waals surface area (Å²) in [6.45, 7) is 2.09. The highest BCUT2D eigenvalue weighted by Gasteiger charge is 2.09. The van der Waals surface area contributed by atoms with E-state index in [1.54, 1.807) is 6.92 Å². The number of hydrogen-bond donors (Lipinski definition) is 6. The summed E-state index contributed by atoms with van der Waals surface area (Å²) in [7, 11) is 0. The quantitative estimate of drug-likeness (QED) is 0.311. The molecule has 9 N–H and O–H groups in total.